The van der Waals surface area contributed by atoms with Crippen LogP contribution in [0.5, 0.6) is 0 Å². The fraction of sp³-hybridized carbons (Fsp3) is 0.556. The quantitative estimate of drug-likeness (QED) is 0.703. The first-order valence-electron chi connectivity index (χ1n) is 4.29. The van der Waals surface area contributed by atoms with Crippen LogP contribution in [0.15, 0.2) is 12.5 Å². The van der Waals surface area contributed by atoms with Crippen LogP contribution in [-0.2, 0) is 0 Å². The van der Waals surface area contributed by atoms with Gasteiger partial charge < -0.3 is 5.73 Å². The third kappa shape index (κ3) is 1.20. The first kappa shape index (κ1) is 7.68. The molecule has 0 bridgehead atoms. The van der Waals surface area contributed by atoms with E-state index in [-0.39, 0.29) is 0 Å². The van der Waals surface area contributed by atoms with E-state index in [1.54, 1.807) is 6.33 Å². The predicted molar refractivity (Wildman–Crippen MR) is 46.7 cm³/mol. The van der Waals surface area contributed by atoms with Crippen LogP contribution in [-0.4, -0.2) is 16.5 Å². The Morgan fingerprint density at radius 2 is 2.50 bits per heavy atom. The highest BCUT2D eigenvalue weighted by Crippen LogP contribution is 2.46. The third-order valence-electron chi connectivity index (χ3n) is 2.57. The molecule has 1 heterocycles. The van der Waals surface area contributed by atoms with Crippen molar-refractivity contribution in [1.82, 2.24) is 9.97 Å². The van der Waals surface area contributed by atoms with Crippen molar-refractivity contribution in [2.24, 2.45) is 11.7 Å². The highest BCUT2D eigenvalue weighted by atomic mass is 14.8. The van der Waals surface area contributed by atoms with Crippen molar-refractivity contribution < 1.29 is 0 Å². The van der Waals surface area contributed by atoms with E-state index in [0.717, 1.165) is 12.2 Å². The summed E-state index contributed by atoms with van der Waals surface area (Å²) in [4.78, 5) is 8.18. The summed E-state index contributed by atoms with van der Waals surface area (Å²) >= 11 is 0. The summed E-state index contributed by atoms with van der Waals surface area (Å²) in [7, 11) is 0. The fourth-order valence-electron chi connectivity index (χ4n) is 1.65. The SMILES string of the molecule is Cc1ncncc1C1CC1CN. The lowest BCUT2D eigenvalue weighted by Gasteiger charge is -2.00. The van der Waals surface area contributed by atoms with E-state index in [9.17, 15) is 0 Å². The summed E-state index contributed by atoms with van der Waals surface area (Å²) in [5, 5.41) is 0. The second-order valence-electron chi connectivity index (χ2n) is 3.40. The zero-order chi connectivity index (χ0) is 8.55. The van der Waals surface area contributed by atoms with Gasteiger partial charge in [0, 0.05) is 11.9 Å². The van der Waals surface area contributed by atoms with Crippen molar-refractivity contribution in [3.05, 3.63) is 23.8 Å². The minimum absolute atomic E-state index is 0.635. The molecule has 2 atom stereocenters. The van der Waals surface area contributed by atoms with Gasteiger partial charge >= 0.3 is 0 Å². The predicted octanol–water partition coefficient (Wildman–Crippen LogP) is 0.847. The molecule has 0 radical (unpaired) electrons. The summed E-state index contributed by atoms with van der Waals surface area (Å²) in [6, 6.07) is 0. The Labute approximate surface area is 72.0 Å². The van der Waals surface area contributed by atoms with Crippen molar-refractivity contribution in [3.63, 3.8) is 0 Å². The van der Waals surface area contributed by atoms with Crippen molar-refractivity contribution in [1.29, 1.82) is 0 Å². The average molecular weight is 163 g/mol. The molecule has 1 aromatic rings. The van der Waals surface area contributed by atoms with Gasteiger partial charge in [-0.2, -0.15) is 0 Å². The maximum absolute atomic E-state index is 5.57. The van der Waals surface area contributed by atoms with Gasteiger partial charge in [-0.25, -0.2) is 9.97 Å². The van der Waals surface area contributed by atoms with Crippen LogP contribution in [0.3, 0.4) is 0 Å². The molecule has 0 aromatic carbocycles. The van der Waals surface area contributed by atoms with Gasteiger partial charge in [-0.05, 0) is 37.3 Å². The van der Waals surface area contributed by atoms with Crippen molar-refractivity contribution in [2.45, 2.75) is 19.3 Å². The Bertz CT molecular complexity index is 285. The Kier molecular flexibility index (Phi) is 1.81. The van der Waals surface area contributed by atoms with Crippen LogP contribution in [0, 0.1) is 12.8 Å². The molecule has 0 amide bonds. The molecule has 2 unspecified atom stereocenters. The monoisotopic (exact) mass is 163 g/mol. The summed E-state index contributed by atoms with van der Waals surface area (Å²) in [6.07, 6.45) is 4.73. The molecule has 2 N–H and O–H groups in total. The van der Waals surface area contributed by atoms with Gasteiger partial charge in [0.2, 0.25) is 0 Å². The van der Waals surface area contributed by atoms with Crippen LogP contribution in [0.25, 0.3) is 0 Å². The van der Waals surface area contributed by atoms with Crippen LogP contribution in [0.4, 0.5) is 0 Å². The lowest BCUT2D eigenvalue weighted by Crippen LogP contribution is -2.03. The Hall–Kier alpha value is -0.960. The number of hydrogen-bond donors (Lipinski definition) is 1. The summed E-state index contributed by atoms with van der Waals surface area (Å²) in [5.41, 5.74) is 7.96. The topological polar surface area (TPSA) is 51.8 Å². The van der Waals surface area contributed by atoms with Gasteiger partial charge in [0.25, 0.3) is 0 Å². The number of nitrogens with zero attached hydrogens (tertiary/aromatic N) is 2. The lowest BCUT2D eigenvalue weighted by molar-refractivity contribution is 0.800. The van der Waals surface area contributed by atoms with E-state index in [1.165, 1.54) is 12.0 Å². The maximum Gasteiger partial charge on any atom is 0.115 e. The molecule has 0 spiro atoms. The highest BCUT2D eigenvalue weighted by molar-refractivity contribution is 5.26. The Morgan fingerprint density at radius 3 is 3.08 bits per heavy atom. The number of hydrogen-bond acceptors (Lipinski definition) is 3. The zero-order valence-electron chi connectivity index (χ0n) is 7.20. The molecule has 3 nitrogen and oxygen atoms in total. The first-order valence-corrected chi connectivity index (χ1v) is 4.29. The molecule has 1 saturated carbocycles. The molecule has 12 heavy (non-hydrogen) atoms. The first-order chi connectivity index (χ1) is 5.83. The number of aryl methyl sites for hydroxylation is 1. The van der Waals surface area contributed by atoms with Gasteiger partial charge in [-0.15, -0.1) is 0 Å². The molecule has 1 aromatic heterocycles. The molecule has 1 fully saturated rings. The molecule has 0 saturated heterocycles. The minimum Gasteiger partial charge on any atom is -0.330 e. The maximum atomic E-state index is 5.57. The second kappa shape index (κ2) is 2.83. The smallest absolute Gasteiger partial charge is 0.115 e. The lowest BCUT2D eigenvalue weighted by atomic mass is 10.1. The van der Waals surface area contributed by atoms with Crippen molar-refractivity contribution in [3.8, 4) is 0 Å². The van der Waals surface area contributed by atoms with Gasteiger partial charge in [0.1, 0.15) is 6.33 Å². The molecule has 0 aliphatic heterocycles. The largest absolute Gasteiger partial charge is 0.330 e. The van der Waals surface area contributed by atoms with Gasteiger partial charge in [0.05, 0.1) is 0 Å². The Morgan fingerprint density at radius 1 is 1.67 bits per heavy atom. The summed E-state index contributed by atoms with van der Waals surface area (Å²) in [5.74, 6) is 1.31. The summed E-state index contributed by atoms with van der Waals surface area (Å²) < 4.78 is 0. The molecule has 64 valence electrons. The van der Waals surface area contributed by atoms with E-state index in [2.05, 4.69) is 9.97 Å². The van der Waals surface area contributed by atoms with Gasteiger partial charge in [-0.3, -0.25) is 0 Å². The van der Waals surface area contributed by atoms with Crippen molar-refractivity contribution in [2.75, 3.05) is 6.54 Å². The fourth-order valence-corrected chi connectivity index (χ4v) is 1.65. The Balaban J connectivity index is 2.19. The van der Waals surface area contributed by atoms with E-state index in [1.807, 2.05) is 13.1 Å². The zero-order valence-corrected chi connectivity index (χ0v) is 7.20. The average Bonchev–Trinajstić information content (AvgIpc) is 2.84. The third-order valence-corrected chi connectivity index (χ3v) is 2.57. The van der Waals surface area contributed by atoms with Crippen LogP contribution in [0.1, 0.15) is 23.6 Å². The number of rotatable bonds is 2. The second-order valence-corrected chi connectivity index (χ2v) is 3.40. The van der Waals surface area contributed by atoms with Crippen LogP contribution >= 0.6 is 0 Å². The molecule has 1 aliphatic carbocycles. The van der Waals surface area contributed by atoms with E-state index >= 15 is 0 Å². The molecule has 3 heteroatoms. The molecule has 1 aliphatic rings. The summed E-state index contributed by atoms with van der Waals surface area (Å²) in [6.45, 7) is 2.82. The highest BCUT2D eigenvalue weighted by Gasteiger charge is 2.38. The standard InChI is InChI=1S/C9H13N3/c1-6-9(4-11-5-12-6)8-2-7(8)3-10/h4-5,7-8H,2-3,10H2,1H3. The minimum atomic E-state index is 0.635. The molecular formula is C9H13N3. The number of nitrogens with two attached hydrogens (primary N) is 1. The van der Waals surface area contributed by atoms with E-state index in [0.29, 0.717) is 11.8 Å². The number of aromatic nitrogens is 2. The van der Waals surface area contributed by atoms with E-state index < -0.39 is 0 Å². The van der Waals surface area contributed by atoms with Gasteiger partial charge in [0.15, 0.2) is 0 Å². The van der Waals surface area contributed by atoms with Crippen LogP contribution < -0.4 is 5.73 Å². The molecular weight excluding hydrogens is 150 g/mol. The van der Waals surface area contributed by atoms with Crippen molar-refractivity contribution >= 4 is 0 Å². The van der Waals surface area contributed by atoms with E-state index in [4.69, 9.17) is 5.73 Å². The molecule has 2 rings (SSSR count). The normalized spacial score (nSPS) is 27.2. The van der Waals surface area contributed by atoms with Crippen LogP contribution in [0.2, 0.25) is 0 Å². The van der Waals surface area contributed by atoms with Gasteiger partial charge in [-0.1, -0.05) is 0 Å².